The van der Waals surface area contributed by atoms with E-state index in [9.17, 15) is 0 Å². The van der Waals surface area contributed by atoms with Crippen LogP contribution in [0.25, 0.3) is 5.32 Å². The van der Waals surface area contributed by atoms with Crippen molar-refractivity contribution in [3.05, 3.63) is 41.2 Å². The second kappa shape index (κ2) is 6.38. The summed E-state index contributed by atoms with van der Waals surface area (Å²) in [6.45, 7) is 2.20. The molecule has 1 saturated carbocycles. The van der Waals surface area contributed by atoms with Crippen molar-refractivity contribution in [2.24, 2.45) is 0 Å². The SMILES string of the molecule is C[C@H]([N-]C1CCCC1)c1ccccc1.[Li+]. The van der Waals surface area contributed by atoms with Crippen molar-refractivity contribution in [3.8, 4) is 0 Å². The van der Waals surface area contributed by atoms with E-state index >= 15 is 0 Å². The van der Waals surface area contributed by atoms with Crippen LogP contribution in [-0.2, 0) is 0 Å². The van der Waals surface area contributed by atoms with Crippen molar-refractivity contribution in [3.63, 3.8) is 0 Å². The van der Waals surface area contributed by atoms with E-state index < -0.39 is 0 Å². The van der Waals surface area contributed by atoms with Crippen LogP contribution < -0.4 is 18.9 Å². The maximum absolute atomic E-state index is 4.85. The molecule has 0 radical (unpaired) electrons. The third-order valence-corrected chi connectivity index (χ3v) is 3.04. The molecule has 2 heteroatoms. The van der Waals surface area contributed by atoms with E-state index in [0.717, 1.165) is 0 Å². The Hall–Kier alpha value is -0.223. The molecule has 0 aliphatic heterocycles. The first-order valence-electron chi connectivity index (χ1n) is 5.61. The Morgan fingerprint density at radius 3 is 2.33 bits per heavy atom. The van der Waals surface area contributed by atoms with Crippen LogP contribution in [0.1, 0.15) is 44.2 Å². The van der Waals surface area contributed by atoms with E-state index in [4.69, 9.17) is 5.32 Å². The average molecular weight is 195 g/mol. The van der Waals surface area contributed by atoms with Gasteiger partial charge in [-0.05, 0) is 0 Å². The van der Waals surface area contributed by atoms with E-state index in [2.05, 4.69) is 37.3 Å². The van der Waals surface area contributed by atoms with Gasteiger partial charge in [-0.1, -0.05) is 68.5 Å². The van der Waals surface area contributed by atoms with Crippen LogP contribution in [-0.4, -0.2) is 6.04 Å². The Kier molecular flexibility index (Phi) is 5.46. The Morgan fingerprint density at radius 2 is 1.73 bits per heavy atom. The van der Waals surface area contributed by atoms with Crippen LogP contribution in [0.15, 0.2) is 30.3 Å². The normalized spacial score (nSPS) is 18.5. The first kappa shape index (κ1) is 12.8. The molecule has 0 N–H and O–H groups in total. The summed E-state index contributed by atoms with van der Waals surface area (Å²) in [4.78, 5) is 0. The Labute approximate surface area is 105 Å². The Bertz CT molecular complexity index is 267. The predicted octanol–water partition coefficient (Wildman–Crippen LogP) is 1.07. The van der Waals surface area contributed by atoms with Crippen LogP contribution in [0.2, 0.25) is 0 Å². The van der Waals surface area contributed by atoms with E-state index in [1.165, 1.54) is 31.2 Å². The van der Waals surface area contributed by atoms with Crippen molar-refractivity contribution in [2.45, 2.75) is 44.7 Å². The van der Waals surface area contributed by atoms with Crippen LogP contribution in [0.3, 0.4) is 0 Å². The minimum Gasteiger partial charge on any atom is -0.653 e. The van der Waals surface area contributed by atoms with Gasteiger partial charge in [0.2, 0.25) is 0 Å². The Morgan fingerprint density at radius 1 is 1.13 bits per heavy atom. The molecule has 1 atom stereocenters. The molecule has 15 heavy (non-hydrogen) atoms. The van der Waals surface area contributed by atoms with Crippen molar-refractivity contribution in [2.75, 3.05) is 0 Å². The van der Waals surface area contributed by atoms with Gasteiger partial charge in [-0.25, -0.2) is 0 Å². The van der Waals surface area contributed by atoms with Crippen LogP contribution in [0.5, 0.6) is 0 Å². The van der Waals surface area contributed by atoms with Crippen molar-refractivity contribution in [1.82, 2.24) is 0 Å². The van der Waals surface area contributed by atoms with Crippen LogP contribution in [0.4, 0.5) is 0 Å². The van der Waals surface area contributed by atoms with Gasteiger partial charge in [0, 0.05) is 0 Å². The van der Waals surface area contributed by atoms with Gasteiger partial charge >= 0.3 is 18.9 Å². The number of benzene rings is 1. The fraction of sp³-hybridized carbons (Fsp3) is 0.538. The van der Waals surface area contributed by atoms with Crippen molar-refractivity contribution in [1.29, 1.82) is 0 Å². The Balaban J connectivity index is 0.00000112. The third-order valence-electron chi connectivity index (χ3n) is 3.04. The quantitative estimate of drug-likeness (QED) is 0.640. The summed E-state index contributed by atoms with van der Waals surface area (Å²) in [5, 5.41) is 4.85. The first-order valence-corrected chi connectivity index (χ1v) is 5.61. The molecule has 1 nitrogen and oxygen atoms in total. The summed E-state index contributed by atoms with van der Waals surface area (Å²) in [6, 6.07) is 11.6. The molecule has 76 valence electrons. The molecular weight excluding hydrogens is 177 g/mol. The monoisotopic (exact) mass is 195 g/mol. The summed E-state index contributed by atoms with van der Waals surface area (Å²) in [5.41, 5.74) is 1.35. The van der Waals surface area contributed by atoms with Gasteiger partial charge in [0.05, 0.1) is 0 Å². The van der Waals surface area contributed by atoms with Crippen molar-refractivity contribution < 1.29 is 18.9 Å². The van der Waals surface area contributed by atoms with Gasteiger partial charge in [0.15, 0.2) is 0 Å². The van der Waals surface area contributed by atoms with Gasteiger partial charge in [-0.15, -0.1) is 12.1 Å². The zero-order valence-corrected chi connectivity index (χ0v) is 9.82. The largest absolute Gasteiger partial charge is 1.00 e. The zero-order chi connectivity index (χ0) is 9.80. The fourth-order valence-corrected chi connectivity index (χ4v) is 2.19. The van der Waals surface area contributed by atoms with Crippen molar-refractivity contribution >= 4 is 0 Å². The number of nitrogens with zero attached hydrogens (tertiary/aromatic N) is 1. The van der Waals surface area contributed by atoms with Gasteiger partial charge in [-0.3, -0.25) is 0 Å². The minimum atomic E-state index is 0. The molecule has 0 spiro atoms. The second-order valence-corrected chi connectivity index (χ2v) is 4.17. The third kappa shape index (κ3) is 3.68. The van der Waals surface area contributed by atoms with Crippen LogP contribution >= 0.6 is 0 Å². The molecule has 1 aromatic carbocycles. The average Bonchev–Trinajstić information content (AvgIpc) is 2.72. The second-order valence-electron chi connectivity index (χ2n) is 4.17. The molecule has 0 unspecified atom stereocenters. The standard InChI is InChI=1S/C13H18N.Li/c1-11(12-7-3-2-4-8-12)14-13-9-5-6-10-13;/h2-4,7-8,11,13H,5-6,9-10H2,1H3;/q-1;+1/t11-;/m0./s1. The van der Waals surface area contributed by atoms with E-state index in [1.807, 2.05) is 0 Å². The van der Waals surface area contributed by atoms with E-state index in [-0.39, 0.29) is 18.9 Å². The molecule has 0 bridgehead atoms. The maximum atomic E-state index is 4.85. The first-order chi connectivity index (χ1) is 6.86. The molecule has 0 saturated heterocycles. The zero-order valence-electron chi connectivity index (χ0n) is 9.82. The summed E-state index contributed by atoms with van der Waals surface area (Å²) in [5.74, 6) is 0. The smallest absolute Gasteiger partial charge is 0.653 e. The number of hydrogen-bond donors (Lipinski definition) is 0. The predicted molar refractivity (Wildman–Crippen MR) is 60.5 cm³/mol. The molecular formula is C13H18LiN. The summed E-state index contributed by atoms with van der Waals surface area (Å²) < 4.78 is 0. The minimum absolute atomic E-state index is 0. The molecule has 1 fully saturated rings. The summed E-state index contributed by atoms with van der Waals surface area (Å²) in [6.07, 6.45) is 5.35. The molecule has 0 heterocycles. The number of hydrogen-bond acceptors (Lipinski definition) is 0. The fourth-order valence-electron chi connectivity index (χ4n) is 2.19. The van der Waals surface area contributed by atoms with Gasteiger partial charge in [-0.2, -0.15) is 0 Å². The summed E-state index contributed by atoms with van der Waals surface area (Å²) >= 11 is 0. The van der Waals surface area contributed by atoms with E-state index in [0.29, 0.717) is 12.1 Å². The number of rotatable bonds is 3. The van der Waals surface area contributed by atoms with Gasteiger partial charge in [0.25, 0.3) is 0 Å². The van der Waals surface area contributed by atoms with E-state index in [1.54, 1.807) is 0 Å². The molecule has 1 aliphatic carbocycles. The maximum Gasteiger partial charge on any atom is 1.00 e. The molecule has 2 rings (SSSR count). The molecule has 1 aromatic rings. The van der Waals surface area contributed by atoms with Gasteiger partial charge < -0.3 is 5.32 Å². The van der Waals surface area contributed by atoms with Gasteiger partial charge in [0.1, 0.15) is 0 Å². The molecule has 0 aromatic heterocycles. The topological polar surface area (TPSA) is 14.1 Å². The van der Waals surface area contributed by atoms with Crippen LogP contribution in [0, 0.1) is 0 Å². The summed E-state index contributed by atoms with van der Waals surface area (Å²) in [7, 11) is 0. The molecule has 0 amide bonds. The molecule has 1 aliphatic rings.